The summed E-state index contributed by atoms with van der Waals surface area (Å²) in [4.78, 5) is 9.02. The topological polar surface area (TPSA) is 48.7 Å². The smallest absolute Gasteiger partial charge is 0.193 e. The summed E-state index contributed by atoms with van der Waals surface area (Å²) in [5, 5.41) is 8.43. The van der Waals surface area contributed by atoms with Gasteiger partial charge in [-0.2, -0.15) is 5.10 Å². The molecule has 1 aliphatic rings. The zero-order chi connectivity index (χ0) is 16.8. The van der Waals surface area contributed by atoms with Crippen LogP contribution in [-0.4, -0.2) is 60.4 Å². The molecule has 0 saturated carbocycles. The van der Waals surface area contributed by atoms with E-state index in [1.807, 2.05) is 42.2 Å². The number of aromatic nitrogens is 2. The minimum Gasteiger partial charge on any atom is -0.367 e. The van der Waals surface area contributed by atoms with E-state index in [2.05, 4.69) is 31.3 Å². The third-order valence-corrected chi connectivity index (χ3v) is 4.49. The molecule has 0 unspecified atom stereocenters. The van der Waals surface area contributed by atoms with Crippen molar-refractivity contribution < 1.29 is 0 Å². The number of benzene rings is 1. The highest BCUT2D eigenvalue weighted by atomic mass is 127. The molecule has 0 radical (unpaired) electrons. The summed E-state index contributed by atoms with van der Waals surface area (Å²) >= 11 is 6.30. The normalized spacial score (nSPS) is 15.0. The molecular formula is C17H24ClIN6. The second-order valence-corrected chi connectivity index (χ2v) is 6.08. The zero-order valence-corrected chi connectivity index (χ0v) is 17.4. The summed E-state index contributed by atoms with van der Waals surface area (Å²) in [7, 11) is 1.83. The molecule has 0 aliphatic carbocycles. The van der Waals surface area contributed by atoms with E-state index in [1.165, 1.54) is 0 Å². The first-order chi connectivity index (χ1) is 11.8. The lowest BCUT2D eigenvalue weighted by Crippen LogP contribution is -2.53. The predicted octanol–water partition coefficient (Wildman–Crippen LogP) is 2.55. The summed E-state index contributed by atoms with van der Waals surface area (Å²) in [6.07, 6.45) is 3.76. The maximum absolute atomic E-state index is 6.30. The van der Waals surface area contributed by atoms with Crippen molar-refractivity contribution in [2.45, 2.75) is 6.54 Å². The SMILES string of the molecule is CN=C(NCCn1cccn1)N1CCN(c2ccccc2Cl)CC1.I. The van der Waals surface area contributed by atoms with Gasteiger partial charge < -0.3 is 15.1 Å². The van der Waals surface area contributed by atoms with Crippen LogP contribution in [-0.2, 0) is 6.54 Å². The van der Waals surface area contributed by atoms with Crippen LogP contribution in [0.15, 0.2) is 47.7 Å². The van der Waals surface area contributed by atoms with Gasteiger partial charge in [-0.15, -0.1) is 24.0 Å². The van der Waals surface area contributed by atoms with Gasteiger partial charge in [0.1, 0.15) is 0 Å². The number of hydrogen-bond acceptors (Lipinski definition) is 3. The van der Waals surface area contributed by atoms with Gasteiger partial charge in [-0.05, 0) is 18.2 Å². The van der Waals surface area contributed by atoms with E-state index in [0.29, 0.717) is 0 Å². The molecule has 1 aliphatic heterocycles. The first-order valence-electron chi connectivity index (χ1n) is 8.20. The lowest BCUT2D eigenvalue weighted by Gasteiger charge is -2.38. The first kappa shape index (κ1) is 19.8. The van der Waals surface area contributed by atoms with E-state index in [0.717, 1.165) is 55.9 Å². The highest BCUT2D eigenvalue weighted by molar-refractivity contribution is 14.0. The number of rotatable bonds is 4. The molecule has 1 fully saturated rings. The first-order valence-corrected chi connectivity index (χ1v) is 8.58. The number of guanidine groups is 1. The van der Waals surface area contributed by atoms with E-state index in [-0.39, 0.29) is 24.0 Å². The van der Waals surface area contributed by atoms with Crippen LogP contribution in [0, 0.1) is 0 Å². The molecule has 6 nitrogen and oxygen atoms in total. The molecule has 1 N–H and O–H groups in total. The van der Waals surface area contributed by atoms with Gasteiger partial charge in [0, 0.05) is 52.2 Å². The molecule has 0 atom stereocenters. The Morgan fingerprint density at radius 1 is 1.20 bits per heavy atom. The molecule has 2 heterocycles. The average molecular weight is 475 g/mol. The minimum atomic E-state index is 0. The van der Waals surface area contributed by atoms with E-state index in [1.54, 1.807) is 6.20 Å². The summed E-state index contributed by atoms with van der Waals surface area (Å²) in [5.74, 6) is 0.945. The molecule has 0 spiro atoms. The van der Waals surface area contributed by atoms with Crippen LogP contribution in [0.5, 0.6) is 0 Å². The molecule has 1 aromatic carbocycles. The molecule has 3 rings (SSSR count). The number of nitrogens with zero attached hydrogens (tertiary/aromatic N) is 5. The molecule has 136 valence electrons. The van der Waals surface area contributed by atoms with Crippen LogP contribution in [0.25, 0.3) is 0 Å². The highest BCUT2D eigenvalue weighted by Crippen LogP contribution is 2.25. The Bertz CT molecular complexity index is 668. The van der Waals surface area contributed by atoms with Crippen LogP contribution in [0.1, 0.15) is 0 Å². The summed E-state index contributed by atoms with van der Waals surface area (Å²) in [6, 6.07) is 9.95. The second kappa shape index (κ2) is 9.86. The third-order valence-electron chi connectivity index (χ3n) is 4.17. The number of halogens is 2. The second-order valence-electron chi connectivity index (χ2n) is 5.67. The Morgan fingerprint density at radius 3 is 2.60 bits per heavy atom. The Hall–Kier alpha value is -1.48. The number of para-hydroxylation sites is 1. The van der Waals surface area contributed by atoms with Crippen molar-refractivity contribution in [3.63, 3.8) is 0 Å². The van der Waals surface area contributed by atoms with Crippen molar-refractivity contribution in [3.05, 3.63) is 47.7 Å². The third kappa shape index (κ3) is 5.24. The molecule has 8 heteroatoms. The maximum Gasteiger partial charge on any atom is 0.193 e. The average Bonchev–Trinajstić information content (AvgIpc) is 3.13. The fourth-order valence-electron chi connectivity index (χ4n) is 2.91. The molecular weight excluding hydrogens is 451 g/mol. The quantitative estimate of drug-likeness (QED) is 0.420. The summed E-state index contributed by atoms with van der Waals surface area (Å²) in [6.45, 7) is 5.34. The monoisotopic (exact) mass is 474 g/mol. The molecule has 0 amide bonds. The van der Waals surface area contributed by atoms with Crippen LogP contribution in [0.2, 0.25) is 5.02 Å². The number of anilines is 1. The van der Waals surface area contributed by atoms with Gasteiger partial charge in [-0.3, -0.25) is 9.67 Å². The van der Waals surface area contributed by atoms with Crippen molar-refractivity contribution in [1.29, 1.82) is 0 Å². The van der Waals surface area contributed by atoms with Crippen LogP contribution in [0.4, 0.5) is 5.69 Å². The van der Waals surface area contributed by atoms with E-state index in [4.69, 9.17) is 11.6 Å². The molecule has 2 aromatic rings. The Balaban J connectivity index is 0.00000225. The summed E-state index contributed by atoms with van der Waals surface area (Å²) < 4.78 is 1.91. The number of nitrogens with one attached hydrogen (secondary N) is 1. The summed E-state index contributed by atoms with van der Waals surface area (Å²) in [5.41, 5.74) is 1.11. The lowest BCUT2D eigenvalue weighted by molar-refractivity contribution is 0.371. The highest BCUT2D eigenvalue weighted by Gasteiger charge is 2.20. The minimum absolute atomic E-state index is 0. The largest absolute Gasteiger partial charge is 0.367 e. The van der Waals surface area contributed by atoms with Crippen molar-refractivity contribution in [1.82, 2.24) is 20.0 Å². The molecule has 1 aromatic heterocycles. The molecule has 25 heavy (non-hydrogen) atoms. The standard InChI is InChI=1S/C17H23ClN6.HI/c1-19-17(20-8-10-24-9-4-7-21-24)23-13-11-22(12-14-23)16-6-3-2-5-15(16)18;/h2-7,9H,8,10-14H2,1H3,(H,19,20);1H. The van der Waals surface area contributed by atoms with E-state index < -0.39 is 0 Å². The van der Waals surface area contributed by atoms with E-state index in [9.17, 15) is 0 Å². The lowest BCUT2D eigenvalue weighted by atomic mass is 10.2. The molecule has 1 saturated heterocycles. The van der Waals surface area contributed by atoms with Crippen LogP contribution >= 0.6 is 35.6 Å². The van der Waals surface area contributed by atoms with Gasteiger partial charge in [-0.25, -0.2) is 0 Å². The van der Waals surface area contributed by atoms with Crippen molar-refractivity contribution >= 4 is 47.2 Å². The van der Waals surface area contributed by atoms with Gasteiger partial charge in [-0.1, -0.05) is 23.7 Å². The van der Waals surface area contributed by atoms with Crippen LogP contribution < -0.4 is 10.2 Å². The molecule has 0 bridgehead atoms. The van der Waals surface area contributed by atoms with Gasteiger partial charge in [0.2, 0.25) is 0 Å². The van der Waals surface area contributed by atoms with Crippen molar-refractivity contribution in [3.8, 4) is 0 Å². The Kier molecular flexibility index (Phi) is 7.83. The number of piperazine rings is 1. The van der Waals surface area contributed by atoms with Gasteiger partial charge in [0.25, 0.3) is 0 Å². The maximum atomic E-state index is 6.30. The number of aliphatic imine (C=N–C) groups is 1. The van der Waals surface area contributed by atoms with Gasteiger partial charge >= 0.3 is 0 Å². The Morgan fingerprint density at radius 2 is 1.96 bits per heavy atom. The number of hydrogen-bond donors (Lipinski definition) is 1. The van der Waals surface area contributed by atoms with Crippen molar-refractivity contribution in [2.75, 3.05) is 44.7 Å². The van der Waals surface area contributed by atoms with Crippen LogP contribution in [0.3, 0.4) is 0 Å². The Labute approximate surface area is 170 Å². The predicted molar refractivity (Wildman–Crippen MR) is 114 cm³/mol. The van der Waals surface area contributed by atoms with Gasteiger partial charge in [0.15, 0.2) is 5.96 Å². The fourth-order valence-corrected chi connectivity index (χ4v) is 3.17. The zero-order valence-electron chi connectivity index (χ0n) is 14.3. The van der Waals surface area contributed by atoms with Gasteiger partial charge in [0.05, 0.1) is 17.3 Å². The van der Waals surface area contributed by atoms with E-state index >= 15 is 0 Å². The van der Waals surface area contributed by atoms with Crippen molar-refractivity contribution in [2.24, 2.45) is 4.99 Å². The fraction of sp³-hybridized carbons (Fsp3) is 0.412.